The summed E-state index contributed by atoms with van der Waals surface area (Å²) in [6, 6.07) is 16.9. The lowest BCUT2D eigenvalue weighted by atomic mass is 10.1. The molecular formula is C20H18N6O. The van der Waals surface area contributed by atoms with Crippen LogP contribution in [-0.4, -0.2) is 30.5 Å². The Bertz CT molecular complexity index is 1010. The molecule has 1 N–H and O–H groups in total. The first-order chi connectivity index (χ1) is 13.2. The fraction of sp³-hybridized carbons (Fsp3) is 0.100. The van der Waals surface area contributed by atoms with E-state index in [-0.39, 0.29) is 11.9 Å². The number of rotatable bonds is 5. The van der Waals surface area contributed by atoms with Gasteiger partial charge in [-0.25, -0.2) is 14.3 Å². The number of aromatic nitrogens is 5. The van der Waals surface area contributed by atoms with Crippen molar-refractivity contribution < 1.29 is 4.79 Å². The Labute approximate surface area is 156 Å². The maximum absolute atomic E-state index is 12.5. The minimum Gasteiger partial charge on any atom is -0.346 e. The molecule has 2 aromatic carbocycles. The van der Waals surface area contributed by atoms with Gasteiger partial charge in [0.15, 0.2) is 0 Å². The molecule has 0 bridgehead atoms. The number of hydrogen-bond acceptors (Lipinski definition) is 4. The second-order valence-electron chi connectivity index (χ2n) is 6.12. The van der Waals surface area contributed by atoms with Crippen molar-refractivity contribution in [2.75, 3.05) is 0 Å². The first kappa shape index (κ1) is 16.7. The van der Waals surface area contributed by atoms with Gasteiger partial charge in [0.05, 0.1) is 17.4 Å². The number of hydrogen-bond donors (Lipinski definition) is 1. The van der Waals surface area contributed by atoms with E-state index in [1.54, 1.807) is 34.0 Å². The van der Waals surface area contributed by atoms with Crippen LogP contribution in [0.5, 0.6) is 0 Å². The van der Waals surface area contributed by atoms with Gasteiger partial charge in [-0.2, -0.15) is 10.2 Å². The Morgan fingerprint density at radius 3 is 2.30 bits per heavy atom. The second-order valence-corrected chi connectivity index (χ2v) is 6.12. The van der Waals surface area contributed by atoms with E-state index in [0.717, 1.165) is 16.9 Å². The van der Waals surface area contributed by atoms with Gasteiger partial charge in [0, 0.05) is 18.0 Å². The lowest BCUT2D eigenvalue weighted by molar-refractivity contribution is 0.0940. The number of benzene rings is 2. The molecule has 27 heavy (non-hydrogen) atoms. The molecule has 0 aliphatic carbocycles. The quantitative estimate of drug-likeness (QED) is 0.595. The highest BCUT2D eigenvalue weighted by Crippen LogP contribution is 2.16. The van der Waals surface area contributed by atoms with Crippen LogP contribution in [0.4, 0.5) is 0 Å². The molecule has 0 aliphatic rings. The van der Waals surface area contributed by atoms with Gasteiger partial charge in [0.25, 0.3) is 5.91 Å². The number of nitrogens with one attached hydrogen (secondary N) is 1. The molecule has 2 heterocycles. The molecule has 7 heteroatoms. The highest BCUT2D eigenvalue weighted by Gasteiger charge is 2.12. The van der Waals surface area contributed by atoms with Gasteiger partial charge < -0.3 is 5.32 Å². The summed E-state index contributed by atoms with van der Waals surface area (Å²) in [7, 11) is 0. The smallest absolute Gasteiger partial charge is 0.251 e. The summed E-state index contributed by atoms with van der Waals surface area (Å²) in [5.74, 6) is -0.116. The number of carbonyl (C=O) groups excluding carboxylic acids is 1. The molecule has 0 unspecified atom stereocenters. The highest BCUT2D eigenvalue weighted by molar-refractivity contribution is 5.94. The third-order valence-electron chi connectivity index (χ3n) is 4.32. The fourth-order valence-corrected chi connectivity index (χ4v) is 2.81. The van der Waals surface area contributed by atoms with Crippen LogP contribution in [0.15, 0.2) is 79.6 Å². The largest absolute Gasteiger partial charge is 0.346 e. The van der Waals surface area contributed by atoms with E-state index in [4.69, 9.17) is 0 Å². The van der Waals surface area contributed by atoms with Crippen molar-refractivity contribution in [3.8, 4) is 11.4 Å². The van der Waals surface area contributed by atoms with Crippen molar-refractivity contribution in [3.05, 3.63) is 90.8 Å². The summed E-state index contributed by atoms with van der Waals surface area (Å²) in [4.78, 5) is 16.5. The molecule has 0 aliphatic heterocycles. The van der Waals surface area contributed by atoms with Crippen molar-refractivity contribution in [2.45, 2.75) is 13.0 Å². The molecular weight excluding hydrogens is 340 g/mol. The average Bonchev–Trinajstić information content (AvgIpc) is 3.42. The van der Waals surface area contributed by atoms with Gasteiger partial charge in [0.2, 0.25) is 0 Å². The van der Waals surface area contributed by atoms with Gasteiger partial charge in [-0.05, 0) is 55.0 Å². The first-order valence-corrected chi connectivity index (χ1v) is 8.56. The summed E-state index contributed by atoms with van der Waals surface area (Å²) >= 11 is 0. The lowest BCUT2D eigenvalue weighted by Gasteiger charge is -2.15. The molecule has 0 spiro atoms. The van der Waals surface area contributed by atoms with Crippen LogP contribution in [0.2, 0.25) is 0 Å². The Morgan fingerprint density at radius 1 is 0.963 bits per heavy atom. The molecule has 0 radical (unpaired) electrons. The van der Waals surface area contributed by atoms with Gasteiger partial charge >= 0.3 is 0 Å². The normalized spacial score (nSPS) is 11.9. The SMILES string of the molecule is C[C@H](NC(=O)c1ccc(-n2cccn2)cc1)c1ccc(-n2cncn2)cc1. The van der Waals surface area contributed by atoms with Crippen molar-refractivity contribution >= 4 is 5.91 Å². The van der Waals surface area contributed by atoms with Crippen LogP contribution in [0.25, 0.3) is 11.4 Å². The maximum Gasteiger partial charge on any atom is 0.251 e. The van der Waals surface area contributed by atoms with Crippen molar-refractivity contribution in [3.63, 3.8) is 0 Å². The second kappa shape index (κ2) is 7.25. The molecule has 2 aromatic heterocycles. The Balaban J connectivity index is 1.43. The van der Waals surface area contributed by atoms with Crippen LogP contribution in [0.3, 0.4) is 0 Å². The van der Waals surface area contributed by atoms with Gasteiger partial charge in [-0.3, -0.25) is 4.79 Å². The first-order valence-electron chi connectivity index (χ1n) is 8.56. The average molecular weight is 358 g/mol. The predicted molar refractivity (Wildman–Crippen MR) is 101 cm³/mol. The summed E-state index contributed by atoms with van der Waals surface area (Å²) < 4.78 is 3.44. The zero-order valence-electron chi connectivity index (χ0n) is 14.7. The van der Waals surface area contributed by atoms with E-state index in [2.05, 4.69) is 20.5 Å². The molecule has 7 nitrogen and oxygen atoms in total. The molecule has 1 amide bonds. The molecule has 0 fully saturated rings. The number of nitrogens with zero attached hydrogens (tertiary/aromatic N) is 5. The van der Waals surface area contributed by atoms with Crippen LogP contribution in [-0.2, 0) is 0 Å². The van der Waals surface area contributed by atoms with Crippen LogP contribution < -0.4 is 5.32 Å². The van der Waals surface area contributed by atoms with Gasteiger partial charge in [-0.15, -0.1) is 0 Å². The lowest BCUT2D eigenvalue weighted by Crippen LogP contribution is -2.26. The van der Waals surface area contributed by atoms with E-state index >= 15 is 0 Å². The highest BCUT2D eigenvalue weighted by atomic mass is 16.1. The molecule has 4 rings (SSSR count). The Hall–Kier alpha value is -3.74. The third-order valence-corrected chi connectivity index (χ3v) is 4.32. The standard InChI is InChI=1S/C20H18N6O/c1-15(16-3-7-19(8-4-16)26-14-21-13-23-26)24-20(27)17-5-9-18(10-6-17)25-12-2-11-22-25/h2-15H,1H3,(H,24,27)/t15-/m0/s1. The topological polar surface area (TPSA) is 77.6 Å². The Morgan fingerprint density at radius 2 is 1.67 bits per heavy atom. The molecule has 0 saturated heterocycles. The molecule has 134 valence electrons. The summed E-state index contributed by atoms with van der Waals surface area (Å²) in [5, 5.41) is 11.3. The zero-order chi connectivity index (χ0) is 18.6. The van der Waals surface area contributed by atoms with E-state index in [0.29, 0.717) is 5.56 Å². The fourth-order valence-electron chi connectivity index (χ4n) is 2.81. The van der Waals surface area contributed by atoms with Crippen molar-refractivity contribution in [1.82, 2.24) is 29.9 Å². The third kappa shape index (κ3) is 3.62. The summed E-state index contributed by atoms with van der Waals surface area (Å²) in [6.07, 6.45) is 6.72. The van der Waals surface area contributed by atoms with Crippen LogP contribution in [0, 0.1) is 0 Å². The molecule has 4 aromatic rings. The van der Waals surface area contributed by atoms with Crippen molar-refractivity contribution in [1.29, 1.82) is 0 Å². The Kier molecular flexibility index (Phi) is 4.49. The number of carbonyl (C=O) groups is 1. The minimum atomic E-state index is -0.118. The predicted octanol–water partition coefficient (Wildman–Crippen LogP) is 2.94. The molecule has 1 atom stereocenters. The van der Waals surface area contributed by atoms with E-state index in [1.165, 1.54) is 6.33 Å². The monoisotopic (exact) mass is 358 g/mol. The number of amides is 1. The summed E-state index contributed by atoms with van der Waals surface area (Å²) in [5.41, 5.74) is 3.45. The van der Waals surface area contributed by atoms with Crippen molar-refractivity contribution in [2.24, 2.45) is 0 Å². The van der Waals surface area contributed by atoms with Crippen LogP contribution in [0.1, 0.15) is 28.9 Å². The minimum absolute atomic E-state index is 0.116. The van der Waals surface area contributed by atoms with Gasteiger partial charge in [0.1, 0.15) is 12.7 Å². The van der Waals surface area contributed by atoms with E-state index in [9.17, 15) is 4.79 Å². The van der Waals surface area contributed by atoms with Crippen LogP contribution >= 0.6 is 0 Å². The molecule has 0 saturated carbocycles. The zero-order valence-corrected chi connectivity index (χ0v) is 14.7. The van der Waals surface area contributed by atoms with Gasteiger partial charge in [-0.1, -0.05) is 12.1 Å². The maximum atomic E-state index is 12.5. The van der Waals surface area contributed by atoms with E-state index < -0.39 is 0 Å². The van der Waals surface area contributed by atoms with E-state index in [1.807, 2.05) is 55.6 Å². The summed E-state index contributed by atoms with van der Waals surface area (Å²) in [6.45, 7) is 1.96.